The summed E-state index contributed by atoms with van der Waals surface area (Å²) in [6.07, 6.45) is -5.61. The van der Waals surface area contributed by atoms with Crippen LogP contribution in [0.4, 0.5) is 13.2 Å². The number of benzene rings is 1. The van der Waals surface area contributed by atoms with Crippen molar-refractivity contribution in [2.24, 2.45) is 0 Å². The first kappa shape index (κ1) is 14.0. The smallest absolute Gasteiger partial charge is 0.314 e. The van der Waals surface area contributed by atoms with Gasteiger partial charge in [0.25, 0.3) is 0 Å². The van der Waals surface area contributed by atoms with Crippen molar-refractivity contribution in [2.45, 2.75) is 19.1 Å². The van der Waals surface area contributed by atoms with Crippen LogP contribution in [0, 0.1) is 11.3 Å². The topological polar surface area (TPSA) is 41.6 Å². The minimum Gasteiger partial charge on any atom is -0.314 e. The zero-order valence-corrected chi connectivity index (χ0v) is 10.8. The molecule has 19 heavy (non-hydrogen) atoms. The van der Waals surface area contributed by atoms with E-state index in [4.69, 9.17) is 28.5 Å². The maximum atomic E-state index is 12.5. The van der Waals surface area contributed by atoms with Gasteiger partial charge in [0.2, 0.25) is 0 Å². The Bertz CT molecular complexity index is 670. The summed E-state index contributed by atoms with van der Waals surface area (Å²) in [5.74, 6) is -0.234. The Morgan fingerprint density at radius 1 is 1.26 bits per heavy atom. The van der Waals surface area contributed by atoms with Crippen molar-refractivity contribution in [3.63, 3.8) is 0 Å². The third-order valence-electron chi connectivity index (χ3n) is 2.46. The number of rotatable bonds is 2. The molecule has 0 aliphatic rings. The van der Waals surface area contributed by atoms with Crippen molar-refractivity contribution in [3.05, 3.63) is 28.0 Å². The lowest BCUT2D eigenvalue weighted by Crippen LogP contribution is -2.16. The highest BCUT2D eigenvalue weighted by Gasteiger charge is 2.31. The molecule has 100 valence electrons. The van der Waals surface area contributed by atoms with Gasteiger partial charge in [-0.05, 0) is 12.1 Å². The zero-order valence-electron chi connectivity index (χ0n) is 9.30. The molecule has 0 N–H and O–H groups in total. The van der Waals surface area contributed by atoms with Crippen LogP contribution in [0.25, 0.3) is 11.0 Å². The van der Waals surface area contributed by atoms with E-state index in [-0.39, 0.29) is 27.9 Å². The fraction of sp³-hybridized carbons (Fsp3) is 0.273. The van der Waals surface area contributed by atoms with Crippen LogP contribution in [0.1, 0.15) is 5.82 Å². The van der Waals surface area contributed by atoms with Gasteiger partial charge >= 0.3 is 6.18 Å². The number of imidazole rings is 1. The SMILES string of the molecule is N#CCn1c(CC(F)(F)F)nc2cc(Cl)c(Cl)cc21. The lowest BCUT2D eigenvalue weighted by molar-refractivity contribution is -0.128. The number of halogens is 5. The number of hydrogen-bond acceptors (Lipinski definition) is 2. The Kier molecular flexibility index (Phi) is 3.61. The van der Waals surface area contributed by atoms with Crippen LogP contribution >= 0.6 is 23.2 Å². The highest BCUT2D eigenvalue weighted by atomic mass is 35.5. The summed E-state index contributed by atoms with van der Waals surface area (Å²) < 4.78 is 38.6. The molecular formula is C11H6Cl2F3N3. The molecule has 8 heteroatoms. The largest absolute Gasteiger partial charge is 0.396 e. The predicted molar refractivity (Wildman–Crippen MR) is 65.1 cm³/mol. The molecule has 1 aromatic carbocycles. The second kappa shape index (κ2) is 4.91. The summed E-state index contributed by atoms with van der Waals surface area (Å²) in [5.41, 5.74) is 0.638. The average molecular weight is 308 g/mol. The maximum Gasteiger partial charge on any atom is 0.396 e. The number of hydrogen-bond donors (Lipinski definition) is 0. The van der Waals surface area contributed by atoms with Crippen molar-refractivity contribution in [1.82, 2.24) is 9.55 Å². The fourth-order valence-electron chi connectivity index (χ4n) is 1.73. The average Bonchev–Trinajstić information content (AvgIpc) is 2.56. The van der Waals surface area contributed by atoms with Gasteiger partial charge in [0.15, 0.2) is 0 Å². The molecule has 0 atom stereocenters. The zero-order chi connectivity index (χ0) is 14.2. The molecule has 0 fully saturated rings. The number of alkyl halides is 3. The minimum absolute atomic E-state index is 0.201. The molecule has 2 rings (SSSR count). The normalized spacial score (nSPS) is 11.8. The molecule has 2 aromatic rings. The van der Waals surface area contributed by atoms with Crippen molar-refractivity contribution in [2.75, 3.05) is 0 Å². The van der Waals surface area contributed by atoms with Crippen LogP contribution in [0.3, 0.4) is 0 Å². The Morgan fingerprint density at radius 3 is 2.47 bits per heavy atom. The minimum atomic E-state index is -4.40. The van der Waals surface area contributed by atoms with Gasteiger partial charge in [-0.25, -0.2) is 4.98 Å². The highest BCUT2D eigenvalue weighted by Crippen LogP contribution is 2.30. The number of fused-ring (bicyclic) bond motifs is 1. The van der Waals surface area contributed by atoms with E-state index in [1.165, 1.54) is 16.7 Å². The monoisotopic (exact) mass is 307 g/mol. The van der Waals surface area contributed by atoms with E-state index in [2.05, 4.69) is 4.98 Å². The molecule has 0 spiro atoms. The number of aromatic nitrogens is 2. The maximum absolute atomic E-state index is 12.5. The van der Waals surface area contributed by atoms with Gasteiger partial charge < -0.3 is 4.57 Å². The third kappa shape index (κ3) is 2.94. The Morgan fingerprint density at radius 2 is 1.89 bits per heavy atom. The Balaban J connectivity index is 2.64. The first-order valence-electron chi connectivity index (χ1n) is 5.09. The lowest BCUT2D eigenvalue weighted by Gasteiger charge is -2.07. The molecule has 0 unspecified atom stereocenters. The third-order valence-corrected chi connectivity index (χ3v) is 3.18. The predicted octanol–water partition coefficient (Wildman–Crippen LogP) is 3.97. The second-order valence-electron chi connectivity index (χ2n) is 3.82. The molecule has 3 nitrogen and oxygen atoms in total. The second-order valence-corrected chi connectivity index (χ2v) is 4.63. The summed E-state index contributed by atoms with van der Waals surface area (Å²) in [5, 5.41) is 9.11. The molecule has 1 heterocycles. The lowest BCUT2D eigenvalue weighted by atomic mass is 10.3. The van der Waals surface area contributed by atoms with E-state index < -0.39 is 12.6 Å². The van der Waals surface area contributed by atoms with E-state index in [0.29, 0.717) is 5.52 Å². The van der Waals surface area contributed by atoms with E-state index in [9.17, 15) is 13.2 Å². The summed E-state index contributed by atoms with van der Waals surface area (Å²) in [6, 6.07) is 4.59. The van der Waals surface area contributed by atoms with Gasteiger partial charge in [0.05, 0.1) is 27.1 Å². The molecular weight excluding hydrogens is 302 g/mol. The van der Waals surface area contributed by atoms with Crippen LogP contribution in [0.15, 0.2) is 12.1 Å². The van der Waals surface area contributed by atoms with Crippen LogP contribution in [-0.4, -0.2) is 15.7 Å². The first-order valence-corrected chi connectivity index (χ1v) is 5.85. The van der Waals surface area contributed by atoms with Gasteiger partial charge in [-0.3, -0.25) is 0 Å². The van der Waals surface area contributed by atoms with E-state index in [0.717, 1.165) is 0 Å². The number of nitrogens with zero attached hydrogens (tertiary/aromatic N) is 3. The van der Waals surface area contributed by atoms with Crippen LogP contribution < -0.4 is 0 Å². The van der Waals surface area contributed by atoms with E-state index in [1.807, 2.05) is 0 Å². The quantitative estimate of drug-likeness (QED) is 0.842. The molecule has 0 saturated carbocycles. The van der Waals surface area contributed by atoms with Crippen LogP contribution in [0.2, 0.25) is 10.0 Å². The van der Waals surface area contributed by atoms with Crippen molar-refractivity contribution >= 4 is 34.2 Å². The van der Waals surface area contributed by atoms with Crippen molar-refractivity contribution in [3.8, 4) is 6.07 Å². The molecule has 0 aliphatic heterocycles. The molecule has 0 aliphatic carbocycles. The van der Waals surface area contributed by atoms with Crippen LogP contribution in [0.5, 0.6) is 0 Å². The molecule has 0 radical (unpaired) electrons. The number of nitriles is 1. The van der Waals surface area contributed by atoms with E-state index in [1.54, 1.807) is 6.07 Å². The molecule has 0 bridgehead atoms. The standard InChI is InChI=1S/C11H6Cl2F3N3/c12-6-3-8-9(4-7(6)13)19(2-1-17)10(18-8)5-11(14,15)16/h3-4H,2,5H2. The summed E-state index contributed by atoms with van der Waals surface area (Å²) in [6.45, 7) is -0.236. The van der Waals surface area contributed by atoms with Gasteiger partial charge in [-0.2, -0.15) is 18.4 Å². The summed E-state index contributed by atoms with van der Waals surface area (Å²) >= 11 is 11.6. The molecule has 0 amide bonds. The van der Waals surface area contributed by atoms with Gasteiger partial charge in [0, 0.05) is 0 Å². The van der Waals surface area contributed by atoms with Gasteiger partial charge in [0.1, 0.15) is 18.8 Å². The fourth-order valence-corrected chi connectivity index (χ4v) is 2.05. The Hall–Kier alpha value is -1.45. The Labute approximate surface area is 116 Å². The first-order chi connectivity index (χ1) is 8.81. The summed E-state index contributed by atoms with van der Waals surface area (Å²) in [7, 11) is 0. The highest BCUT2D eigenvalue weighted by molar-refractivity contribution is 6.42. The summed E-state index contributed by atoms with van der Waals surface area (Å²) in [4.78, 5) is 3.87. The van der Waals surface area contributed by atoms with E-state index >= 15 is 0 Å². The molecule has 0 saturated heterocycles. The van der Waals surface area contributed by atoms with Gasteiger partial charge in [-0.15, -0.1) is 0 Å². The van der Waals surface area contributed by atoms with Crippen molar-refractivity contribution in [1.29, 1.82) is 5.26 Å². The van der Waals surface area contributed by atoms with Crippen LogP contribution in [-0.2, 0) is 13.0 Å². The molecule has 1 aromatic heterocycles. The van der Waals surface area contributed by atoms with Crippen molar-refractivity contribution < 1.29 is 13.2 Å². The van der Waals surface area contributed by atoms with Gasteiger partial charge in [-0.1, -0.05) is 23.2 Å².